The van der Waals surface area contributed by atoms with Gasteiger partial charge >= 0.3 is 0 Å². The molecule has 0 atom stereocenters. The van der Waals surface area contributed by atoms with Gasteiger partial charge in [0.1, 0.15) is 44.8 Å². The van der Waals surface area contributed by atoms with Gasteiger partial charge in [-0.1, -0.05) is 120 Å². The first-order valence-electron chi connectivity index (χ1n) is 17.7. The average Bonchev–Trinajstić information content (AvgIpc) is 3.79. The summed E-state index contributed by atoms with van der Waals surface area (Å²) in [5.41, 5.74) is 9.20. The number of para-hydroxylation sites is 3. The van der Waals surface area contributed by atoms with Crippen LogP contribution < -0.4 is 27.3 Å². The molecule has 55 heavy (non-hydrogen) atoms. The summed E-state index contributed by atoms with van der Waals surface area (Å²) in [7, 11) is 31.5. The van der Waals surface area contributed by atoms with Crippen LogP contribution in [0.1, 0.15) is 0 Å². The van der Waals surface area contributed by atoms with Crippen LogP contribution in [-0.2, 0) is 0 Å². The van der Waals surface area contributed by atoms with Crippen molar-refractivity contribution < 1.29 is 4.42 Å². The van der Waals surface area contributed by atoms with E-state index in [0.717, 1.165) is 49.8 Å². The molecular formula is C45H23B5N4O. The van der Waals surface area contributed by atoms with Crippen LogP contribution in [0.3, 0.4) is 0 Å². The Hall–Kier alpha value is -6.53. The van der Waals surface area contributed by atoms with Crippen molar-refractivity contribution in [1.82, 2.24) is 19.5 Å². The first-order valence-corrected chi connectivity index (χ1v) is 17.7. The minimum atomic E-state index is 0.160. The molecule has 0 fully saturated rings. The zero-order chi connectivity index (χ0) is 37.4. The topological polar surface area (TPSA) is 56.7 Å². The monoisotopic (exact) mass is 690 g/mol. The molecule has 5 nitrogen and oxygen atoms in total. The second kappa shape index (κ2) is 12.8. The third-order valence-corrected chi connectivity index (χ3v) is 10.3. The minimum Gasteiger partial charge on any atom is -0.454 e. The second-order valence-corrected chi connectivity index (χ2v) is 13.5. The lowest BCUT2D eigenvalue weighted by molar-refractivity contribution is 0.666. The van der Waals surface area contributed by atoms with Crippen LogP contribution >= 0.6 is 0 Å². The van der Waals surface area contributed by atoms with Crippen molar-refractivity contribution in [2.75, 3.05) is 0 Å². The van der Waals surface area contributed by atoms with E-state index in [1.54, 1.807) is 0 Å². The Labute approximate surface area is 323 Å². The van der Waals surface area contributed by atoms with E-state index in [1.807, 2.05) is 72.8 Å². The molecular weight excluding hydrogens is 667 g/mol. The summed E-state index contributed by atoms with van der Waals surface area (Å²) in [4.78, 5) is 15.2. The fourth-order valence-corrected chi connectivity index (χ4v) is 7.69. The number of benzene rings is 7. The lowest BCUT2D eigenvalue weighted by atomic mass is 9.59. The molecule has 3 heterocycles. The van der Waals surface area contributed by atoms with E-state index in [-0.39, 0.29) is 27.3 Å². The zero-order valence-corrected chi connectivity index (χ0v) is 29.4. The van der Waals surface area contributed by atoms with Crippen LogP contribution in [-0.4, -0.2) is 58.8 Å². The largest absolute Gasteiger partial charge is 0.454 e. The molecule has 3 aromatic heterocycles. The Bertz CT molecular complexity index is 3090. The maximum Gasteiger partial charge on any atom is 0.164 e. The molecule has 10 heteroatoms. The van der Waals surface area contributed by atoms with E-state index in [4.69, 9.17) is 58.6 Å². The highest BCUT2D eigenvalue weighted by atomic mass is 16.3. The highest BCUT2D eigenvalue weighted by Crippen LogP contribution is 2.41. The molecule has 0 unspecified atom stereocenters. The Kier molecular flexibility index (Phi) is 7.70. The van der Waals surface area contributed by atoms with Gasteiger partial charge in [-0.2, -0.15) is 0 Å². The van der Waals surface area contributed by atoms with Crippen molar-refractivity contribution >= 4 is 110 Å². The molecule has 0 saturated heterocycles. The summed E-state index contributed by atoms with van der Waals surface area (Å²) in [6, 6.07) is 46.6. The Morgan fingerprint density at radius 1 is 0.436 bits per heavy atom. The van der Waals surface area contributed by atoms with Crippen molar-refractivity contribution in [1.29, 1.82) is 0 Å². The molecule has 10 radical (unpaired) electrons. The molecule has 0 bridgehead atoms. The number of nitrogens with zero attached hydrogens (tertiary/aromatic N) is 4. The predicted octanol–water partition coefficient (Wildman–Crippen LogP) is 5.51. The minimum absolute atomic E-state index is 0.160. The molecule has 0 aliphatic heterocycles. The van der Waals surface area contributed by atoms with E-state index in [9.17, 15) is 0 Å². The normalized spacial score (nSPS) is 11.6. The Morgan fingerprint density at radius 3 is 1.67 bits per heavy atom. The van der Waals surface area contributed by atoms with Gasteiger partial charge in [0.25, 0.3) is 0 Å². The lowest BCUT2D eigenvalue weighted by Crippen LogP contribution is -2.55. The number of furan rings is 1. The maximum absolute atomic E-state index is 6.77. The van der Waals surface area contributed by atoms with Crippen molar-refractivity contribution in [3.8, 4) is 51.0 Å². The number of aromatic nitrogens is 4. The molecule has 0 amide bonds. The van der Waals surface area contributed by atoms with Crippen molar-refractivity contribution in [2.45, 2.75) is 0 Å². The average molecular weight is 690 g/mol. The fourth-order valence-electron chi connectivity index (χ4n) is 7.69. The summed E-state index contributed by atoms with van der Waals surface area (Å²) in [5, 5.41) is 4.20. The predicted molar refractivity (Wildman–Crippen MR) is 230 cm³/mol. The molecule has 0 spiro atoms. The van der Waals surface area contributed by atoms with E-state index in [1.165, 1.54) is 10.8 Å². The van der Waals surface area contributed by atoms with Crippen LogP contribution in [0, 0.1) is 0 Å². The number of hydrogen-bond acceptors (Lipinski definition) is 4. The SMILES string of the molecule is [B]c1c([B])c([B])c(-c2cccc(-c3nc(-c4ccccc4)nc(-c4cccc5oc6c(-n7c8ccccc8c8ccccc87)cccc6c45)n3)c2)c([B])c1[B]. The van der Waals surface area contributed by atoms with Crippen molar-refractivity contribution in [3.63, 3.8) is 0 Å². The summed E-state index contributed by atoms with van der Waals surface area (Å²) in [5.74, 6) is 1.46. The third-order valence-electron chi connectivity index (χ3n) is 10.3. The lowest BCUT2D eigenvalue weighted by Gasteiger charge is -2.21. The third kappa shape index (κ3) is 5.19. The Balaban J connectivity index is 1.20. The number of rotatable bonds is 5. The summed E-state index contributed by atoms with van der Waals surface area (Å²) < 4.78 is 9.04. The highest BCUT2D eigenvalue weighted by Gasteiger charge is 2.22. The van der Waals surface area contributed by atoms with Gasteiger partial charge in [-0.3, -0.25) is 0 Å². The van der Waals surface area contributed by atoms with Crippen LogP contribution in [0.4, 0.5) is 0 Å². The smallest absolute Gasteiger partial charge is 0.164 e. The first kappa shape index (κ1) is 33.1. The van der Waals surface area contributed by atoms with Gasteiger partial charge in [-0.05, 0) is 41.5 Å². The quantitative estimate of drug-likeness (QED) is 0.224. The van der Waals surface area contributed by atoms with Gasteiger partial charge in [0.15, 0.2) is 23.1 Å². The first-order chi connectivity index (χ1) is 26.9. The zero-order valence-electron chi connectivity index (χ0n) is 29.4. The van der Waals surface area contributed by atoms with Crippen LogP contribution in [0.15, 0.2) is 144 Å². The molecule has 10 rings (SSSR count). The Morgan fingerprint density at radius 2 is 0.964 bits per heavy atom. The number of fused-ring (bicyclic) bond motifs is 6. The summed E-state index contributed by atoms with van der Waals surface area (Å²) >= 11 is 0. The van der Waals surface area contributed by atoms with Crippen molar-refractivity contribution in [2.24, 2.45) is 0 Å². The standard InChI is InChI=1S/C45H23B5N4O/c46-37-35(38(47)40(49)41(50)39(37)48)25-13-8-14-26(23-25)44-51-43(24-11-2-1-3-12-24)52-45(53-44)30-18-10-22-34-36(30)29-17-9-21-33(42(29)55-34)54-31-19-6-4-15-27(31)28-16-5-7-20-32(28)54/h1-23H. The molecule has 0 aliphatic carbocycles. The molecule has 0 saturated carbocycles. The van der Waals surface area contributed by atoms with E-state index >= 15 is 0 Å². The second-order valence-electron chi connectivity index (χ2n) is 13.5. The summed E-state index contributed by atoms with van der Waals surface area (Å²) in [6.07, 6.45) is 0. The molecule has 7 aromatic carbocycles. The van der Waals surface area contributed by atoms with Gasteiger partial charge in [0.2, 0.25) is 0 Å². The van der Waals surface area contributed by atoms with Crippen LogP contribution in [0.25, 0.3) is 94.7 Å². The van der Waals surface area contributed by atoms with Gasteiger partial charge in [0.05, 0.1) is 16.7 Å². The fraction of sp³-hybridized carbons (Fsp3) is 0. The molecule has 10 aromatic rings. The van der Waals surface area contributed by atoms with Gasteiger partial charge < -0.3 is 8.98 Å². The van der Waals surface area contributed by atoms with Gasteiger partial charge in [-0.15, -0.1) is 16.4 Å². The van der Waals surface area contributed by atoms with Gasteiger partial charge in [0, 0.05) is 38.2 Å². The summed E-state index contributed by atoms with van der Waals surface area (Å²) in [6.45, 7) is 0. The number of hydrogen-bond donors (Lipinski definition) is 0. The van der Waals surface area contributed by atoms with Crippen LogP contribution in [0.2, 0.25) is 0 Å². The van der Waals surface area contributed by atoms with Gasteiger partial charge in [-0.25, -0.2) is 15.0 Å². The highest BCUT2D eigenvalue weighted by molar-refractivity contribution is 6.68. The molecule has 244 valence electrons. The van der Waals surface area contributed by atoms with E-state index in [2.05, 4.69) is 71.3 Å². The molecule has 0 N–H and O–H groups in total. The van der Waals surface area contributed by atoms with Crippen molar-refractivity contribution in [3.05, 3.63) is 140 Å². The molecule has 0 aliphatic rings. The maximum atomic E-state index is 6.77. The van der Waals surface area contributed by atoms with E-state index < -0.39 is 0 Å². The van der Waals surface area contributed by atoms with E-state index in [0.29, 0.717) is 34.2 Å². The van der Waals surface area contributed by atoms with Crippen LogP contribution in [0.5, 0.6) is 0 Å².